The van der Waals surface area contributed by atoms with Gasteiger partial charge in [-0.15, -0.1) is 0 Å². The maximum absolute atomic E-state index is 15.1. The number of rotatable bonds is 15. The number of ether oxygens (including phenoxy) is 2. The van der Waals surface area contributed by atoms with E-state index in [1.165, 1.54) is 17.0 Å². The van der Waals surface area contributed by atoms with Crippen molar-refractivity contribution in [1.29, 1.82) is 0 Å². The van der Waals surface area contributed by atoms with Crippen molar-refractivity contribution in [3.63, 3.8) is 0 Å². The maximum Gasteiger partial charge on any atom is 0.417 e. The van der Waals surface area contributed by atoms with Crippen LogP contribution in [-0.2, 0) is 14.0 Å². The van der Waals surface area contributed by atoms with Crippen LogP contribution < -0.4 is 10.1 Å². The average molecular weight is 762 g/mol. The second kappa shape index (κ2) is 16.5. The first-order valence-corrected chi connectivity index (χ1v) is 20.7. The van der Waals surface area contributed by atoms with Gasteiger partial charge in [-0.1, -0.05) is 77.1 Å². The number of nitrogens with zero attached hydrogens (tertiary/aromatic N) is 1. The van der Waals surface area contributed by atoms with E-state index in [4.69, 9.17) is 13.9 Å². The van der Waals surface area contributed by atoms with Crippen LogP contribution in [0.2, 0.25) is 19.6 Å². The van der Waals surface area contributed by atoms with Gasteiger partial charge in [0.05, 0.1) is 18.1 Å². The molecule has 0 radical (unpaired) electrons. The summed E-state index contributed by atoms with van der Waals surface area (Å²) in [6.07, 6.45) is 1.14. The van der Waals surface area contributed by atoms with E-state index in [-0.39, 0.29) is 31.2 Å². The van der Waals surface area contributed by atoms with Gasteiger partial charge in [0, 0.05) is 15.7 Å². The summed E-state index contributed by atoms with van der Waals surface area (Å²) in [6, 6.07) is 26.4. The molecule has 5 rings (SSSR count). The maximum atomic E-state index is 15.1. The molecule has 2 N–H and O–H groups in total. The number of carbonyl (C=O) groups is 2. The van der Waals surface area contributed by atoms with E-state index in [9.17, 15) is 14.3 Å². The Morgan fingerprint density at radius 2 is 1.76 bits per heavy atom. The van der Waals surface area contributed by atoms with Crippen molar-refractivity contribution in [2.24, 2.45) is 5.92 Å². The zero-order valence-corrected chi connectivity index (χ0v) is 30.9. The minimum Gasteiger partial charge on any atom is -0.508 e. The SMILES string of the molecule is C=CCOc1cc(Br)ccc1C(Nc1ccc(O)cc1)[C@@H](CC[C@H](O[Si](C)(C)C)c1ccc(F)cc1)C(=O)N1C(=O)OC[C@@H]1c1ccccc1. The van der Waals surface area contributed by atoms with Crippen molar-refractivity contribution in [3.8, 4) is 11.5 Å². The number of nitrogens with one attached hydrogen (secondary N) is 1. The molecule has 0 saturated carbocycles. The molecule has 262 valence electrons. The van der Waals surface area contributed by atoms with Crippen LogP contribution in [0, 0.1) is 11.7 Å². The van der Waals surface area contributed by atoms with Gasteiger partial charge in [0.1, 0.15) is 36.6 Å². The third-order valence-corrected chi connectivity index (χ3v) is 9.83. The van der Waals surface area contributed by atoms with Crippen LogP contribution in [0.5, 0.6) is 11.5 Å². The van der Waals surface area contributed by atoms with Crippen molar-refractivity contribution in [2.45, 2.75) is 50.7 Å². The number of anilines is 1. The largest absolute Gasteiger partial charge is 0.508 e. The fourth-order valence-corrected chi connectivity index (χ4v) is 7.54. The van der Waals surface area contributed by atoms with Gasteiger partial charge >= 0.3 is 6.09 Å². The topological polar surface area (TPSA) is 97.3 Å². The second-order valence-electron chi connectivity index (χ2n) is 13.1. The molecule has 0 aliphatic carbocycles. The van der Waals surface area contributed by atoms with Gasteiger partial charge in [0.25, 0.3) is 0 Å². The molecular formula is C39H42BrFN2O6Si. The van der Waals surface area contributed by atoms with E-state index < -0.39 is 44.4 Å². The van der Waals surface area contributed by atoms with Crippen molar-refractivity contribution in [2.75, 3.05) is 18.5 Å². The molecule has 4 aromatic rings. The lowest BCUT2D eigenvalue weighted by Crippen LogP contribution is -2.42. The van der Waals surface area contributed by atoms with Crippen LogP contribution in [0.25, 0.3) is 0 Å². The van der Waals surface area contributed by atoms with Gasteiger partial charge < -0.3 is 24.3 Å². The number of hydrogen-bond acceptors (Lipinski definition) is 7. The van der Waals surface area contributed by atoms with Gasteiger partial charge in [-0.25, -0.2) is 14.1 Å². The van der Waals surface area contributed by atoms with E-state index in [0.29, 0.717) is 23.4 Å². The van der Waals surface area contributed by atoms with E-state index in [2.05, 4.69) is 47.5 Å². The smallest absolute Gasteiger partial charge is 0.417 e. The van der Waals surface area contributed by atoms with Crippen LogP contribution in [0.4, 0.5) is 14.9 Å². The number of carbonyl (C=O) groups excluding carboxylic acids is 2. The molecule has 8 nitrogen and oxygen atoms in total. The predicted octanol–water partition coefficient (Wildman–Crippen LogP) is 9.72. The lowest BCUT2D eigenvalue weighted by Gasteiger charge is -2.34. The van der Waals surface area contributed by atoms with Gasteiger partial charge in [-0.3, -0.25) is 4.79 Å². The lowest BCUT2D eigenvalue weighted by molar-refractivity contribution is -0.134. The molecule has 2 amide bonds. The molecule has 50 heavy (non-hydrogen) atoms. The van der Waals surface area contributed by atoms with Crippen LogP contribution >= 0.6 is 15.9 Å². The number of cyclic esters (lactones) is 1. The molecule has 4 aromatic carbocycles. The van der Waals surface area contributed by atoms with Crippen LogP contribution in [0.15, 0.2) is 114 Å². The molecule has 1 saturated heterocycles. The zero-order valence-electron chi connectivity index (χ0n) is 28.4. The minimum absolute atomic E-state index is 0.0281. The summed E-state index contributed by atoms with van der Waals surface area (Å²) in [5.74, 6) is -1.03. The monoisotopic (exact) mass is 760 g/mol. The number of halogens is 2. The number of amides is 2. The third kappa shape index (κ3) is 9.41. The summed E-state index contributed by atoms with van der Waals surface area (Å²) < 4.78 is 33.1. The van der Waals surface area contributed by atoms with Crippen molar-refractivity contribution in [1.82, 2.24) is 4.90 Å². The summed E-state index contributed by atoms with van der Waals surface area (Å²) in [7, 11) is -2.13. The van der Waals surface area contributed by atoms with Crippen molar-refractivity contribution in [3.05, 3.63) is 137 Å². The van der Waals surface area contributed by atoms with Gasteiger partial charge in [-0.2, -0.15) is 0 Å². The first kappa shape index (κ1) is 36.8. The van der Waals surface area contributed by atoms with Crippen molar-refractivity contribution >= 4 is 41.9 Å². The number of phenolic OH excluding ortho intramolecular Hbond substituents is 1. The number of aromatic hydroxyl groups is 1. The summed E-state index contributed by atoms with van der Waals surface area (Å²) in [5, 5.41) is 13.6. The van der Waals surface area contributed by atoms with E-state index in [1.807, 2.05) is 48.5 Å². The molecule has 11 heteroatoms. The highest BCUT2D eigenvalue weighted by atomic mass is 79.9. The molecule has 4 atom stereocenters. The molecular weight excluding hydrogens is 719 g/mol. The first-order chi connectivity index (χ1) is 23.9. The fraction of sp³-hybridized carbons (Fsp3) is 0.282. The Bertz CT molecular complexity index is 1770. The Morgan fingerprint density at radius 3 is 2.42 bits per heavy atom. The molecule has 1 aliphatic rings. The van der Waals surface area contributed by atoms with E-state index >= 15 is 4.79 Å². The summed E-state index contributed by atoms with van der Waals surface area (Å²) in [5.41, 5.74) is 2.89. The standard InChI is InChI=1S/C39H42BrFN2O6Si/c1-5-23-47-36-24-28(40)13-20-32(36)37(42-30-16-18-31(44)19-17-30)33(21-22-35(49-50(2,3)4)27-11-14-29(41)15-12-27)38(45)43-34(25-48-39(43)46)26-9-7-6-8-10-26/h5-20,24,33-35,37,42,44H,1,21-23,25H2,2-4H3/t33-,34-,35+,37?/m1/s1. The van der Waals surface area contributed by atoms with Gasteiger partial charge in [-0.05, 0) is 92.1 Å². The number of benzene rings is 4. The third-order valence-electron chi connectivity index (χ3n) is 8.35. The summed E-state index contributed by atoms with van der Waals surface area (Å²) >= 11 is 3.55. The van der Waals surface area contributed by atoms with E-state index in [1.54, 1.807) is 42.5 Å². The van der Waals surface area contributed by atoms with Gasteiger partial charge in [0.15, 0.2) is 8.32 Å². The van der Waals surface area contributed by atoms with Crippen LogP contribution in [-0.4, -0.2) is 43.5 Å². The molecule has 1 unspecified atom stereocenters. The quantitative estimate of drug-likeness (QED) is 0.0708. The average Bonchev–Trinajstić information content (AvgIpc) is 3.48. The lowest BCUT2D eigenvalue weighted by atomic mass is 9.85. The Hall–Kier alpha value is -4.45. The zero-order chi connectivity index (χ0) is 35.8. The van der Waals surface area contributed by atoms with Gasteiger partial charge in [0.2, 0.25) is 5.91 Å². The fourth-order valence-electron chi connectivity index (χ4n) is 6.10. The molecule has 1 fully saturated rings. The molecule has 1 aliphatic heterocycles. The van der Waals surface area contributed by atoms with Crippen LogP contribution in [0.1, 0.15) is 47.7 Å². The molecule has 0 spiro atoms. The Kier molecular flexibility index (Phi) is 12.2. The number of phenols is 1. The minimum atomic E-state index is -2.13. The Labute approximate surface area is 302 Å². The molecule has 0 aromatic heterocycles. The summed E-state index contributed by atoms with van der Waals surface area (Å²) in [4.78, 5) is 29.7. The van der Waals surface area contributed by atoms with Crippen molar-refractivity contribution < 1.29 is 33.0 Å². The highest BCUT2D eigenvalue weighted by Gasteiger charge is 2.45. The summed E-state index contributed by atoms with van der Waals surface area (Å²) in [6.45, 7) is 10.3. The van der Waals surface area contributed by atoms with E-state index in [0.717, 1.165) is 15.6 Å². The normalized spacial score (nSPS) is 16.3. The number of imide groups is 1. The first-order valence-electron chi connectivity index (χ1n) is 16.5. The number of hydrogen-bond donors (Lipinski definition) is 2. The molecule has 0 bridgehead atoms. The Morgan fingerprint density at radius 1 is 1.06 bits per heavy atom. The Balaban J connectivity index is 1.63. The molecule has 1 heterocycles. The highest BCUT2D eigenvalue weighted by Crippen LogP contribution is 2.42. The highest BCUT2D eigenvalue weighted by molar-refractivity contribution is 9.10. The van der Waals surface area contributed by atoms with Crippen LogP contribution in [0.3, 0.4) is 0 Å². The predicted molar refractivity (Wildman–Crippen MR) is 198 cm³/mol. The second-order valence-corrected chi connectivity index (χ2v) is 18.5.